The van der Waals surface area contributed by atoms with Gasteiger partial charge in [-0.25, -0.2) is 0 Å². The van der Waals surface area contributed by atoms with Gasteiger partial charge in [0, 0.05) is 18.9 Å². The predicted molar refractivity (Wildman–Crippen MR) is 26.0 cm³/mol. The van der Waals surface area contributed by atoms with Crippen LogP contribution in [0.1, 0.15) is 19.8 Å². The molecular weight excluding hydrogens is 119 g/mol. The minimum Gasteiger partial charge on any atom is -0.343 e. The molecule has 0 bridgehead atoms. The molecule has 6 heavy (non-hydrogen) atoms. The summed E-state index contributed by atoms with van der Waals surface area (Å²) in [5.41, 5.74) is 0. The van der Waals surface area contributed by atoms with E-state index in [0.717, 1.165) is 6.42 Å². The van der Waals surface area contributed by atoms with E-state index in [-0.39, 0.29) is 35.9 Å². The van der Waals surface area contributed by atoms with Crippen LogP contribution in [0.2, 0.25) is 0 Å². The summed E-state index contributed by atoms with van der Waals surface area (Å²) >= 11 is 0. The molecule has 0 aliphatic rings. The Hall–Kier alpha value is 1.12. The first-order chi connectivity index (χ1) is 1.91. The summed E-state index contributed by atoms with van der Waals surface area (Å²) in [6, 6.07) is 0. The van der Waals surface area contributed by atoms with Gasteiger partial charge in [-0.05, 0) is 0 Å². The van der Waals surface area contributed by atoms with Gasteiger partial charge in [-0.1, -0.05) is 13.3 Å². The Morgan fingerprint density at radius 2 is 1.67 bits per heavy atom. The van der Waals surface area contributed by atoms with Gasteiger partial charge in [-0.2, -0.15) is 6.42 Å². The first kappa shape index (κ1) is 15.7. The van der Waals surface area contributed by atoms with Crippen LogP contribution in [0.3, 0.4) is 0 Å². The molecule has 0 amide bonds. The van der Waals surface area contributed by atoms with Crippen LogP contribution in [0.25, 0.3) is 0 Å². The maximum atomic E-state index is 3.60. The molecule has 0 saturated heterocycles. The van der Waals surface area contributed by atoms with E-state index >= 15 is 0 Å². The molecule has 0 heterocycles. The fourth-order valence-electron chi connectivity index (χ4n) is 0. The summed E-state index contributed by atoms with van der Waals surface area (Å²) in [5, 5.41) is 0. The van der Waals surface area contributed by atoms with E-state index in [1.54, 1.807) is 0 Å². The molecule has 0 N–H and O–H groups in total. The molecule has 2 heteroatoms. The van der Waals surface area contributed by atoms with Crippen LogP contribution >= 0.6 is 0 Å². The Morgan fingerprint density at radius 3 is 1.67 bits per heavy atom. The standard InChI is InChI=1S/C4H9.Cu.Li/c1-3-4-2;;/h1,3-4H2,2H3;;/q-1;+1;. The first-order valence-electron chi connectivity index (χ1n) is 1.71. The van der Waals surface area contributed by atoms with Crippen LogP contribution in [-0.2, 0) is 17.1 Å². The Labute approximate surface area is 62.7 Å². The van der Waals surface area contributed by atoms with Crippen molar-refractivity contribution in [3.8, 4) is 0 Å². The molecule has 0 atom stereocenters. The quantitative estimate of drug-likeness (QED) is 0.367. The average molecular weight is 128 g/mol. The van der Waals surface area contributed by atoms with Crippen molar-refractivity contribution in [3.05, 3.63) is 6.92 Å². The fraction of sp³-hybridized carbons (Fsp3) is 0.750. The SMILES string of the molecule is [CH2-]CCC.[Cu+].[Li]. The molecule has 0 fully saturated rings. The van der Waals surface area contributed by atoms with Crippen molar-refractivity contribution >= 4 is 18.9 Å². The fourth-order valence-corrected chi connectivity index (χ4v) is 0. The molecule has 37 valence electrons. The van der Waals surface area contributed by atoms with E-state index in [2.05, 4.69) is 13.8 Å². The van der Waals surface area contributed by atoms with Crippen LogP contribution in [-0.4, -0.2) is 18.9 Å². The van der Waals surface area contributed by atoms with Gasteiger partial charge >= 0.3 is 17.1 Å². The maximum Gasteiger partial charge on any atom is 1.00 e. The topological polar surface area (TPSA) is 0 Å². The van der Waals surface area contributed by atoms with Gasteiger partial charge in [0.2, 0.25) is 0 Å². The van der Waals surface area contributed by atoms with Crippen LogP contribution in [0.5, 0.6) is 0 Å². The zero-order valence-corrected chi connectivity index (χ0v) is 5.36. The Morgan fingerprint density at radius 1 is 1.50 bits per heavy atom. The zero-order valence-electron chi connectivity index (χ0n) is 4.42. The molecule has 0 rings (SSSR count). The molecule has 0 spiro atoms. The van der Waals surface area contributed by atoms with E-state index < -0.39 is 0 Å². The largest absolute Gasteiger partial charge is 1.00 e. The van der Waals surface area contributed by atoms with Crippen LogP contribution in [0.15, 0.2) is 0 Å². The number of unbranched alkanes of at least 4 members (excludes halogenated alkanes) is 1. The molecule has 0 aliphatic heterocycles. The summed E-state index contributed by atoms with van der Waals surface area (Å²) in [6.07, 6.45) is 2.28. The summed E-state index contributed by atoms with van der Waals surface area (Å²) in [5.74, 6) is 0. The normalized spacial score (nSPS) is 5.00. The third kappa shape index (κ3) is 19.4. The minimum atomic E-state index is 0. The summed E-state index contributed by atoms with van der Waals surface area (Å²) in [4.78, 5) is 0. The monoisotopic (exact) mass is 127 g/mol. The molecule has 0 aromatic heterocycles. The van der Waals surface area contributed by atoms with Crippen LogP contribution in [0, 0.1) is 6.92 Å². The molecule has 0 saturated carbocycles. The van der Waals surface area contributed by atoms with Crippen LogP contribution in [0.4, 0.5) is 0 Å². The van der Waals surface area contributed by atoms with Crippen molar-refractivity contribution < 1.29 is 17.1 Å². The van der Waals surface area contributed by atoms with Gasteiger partial charge in [0.15, 0.2) is 0 Å². The predicted octanol–water partition coefficient (Wildman–Crippen LogP) is 1.24. The zero-order chi connectivity index (χ0) is 3.41. The Bertz CT molecular complexity index is 9.51. The Balaban J connectivity index is -0.0000000450. The second kappa shape index (κ2) is 16.5. The van der Waals surface area contributed by atoms with E-state index in [4.69, 9.17) is 0 Å². The van der Waals surface area contributed by atoms with Gasteiger partial charge in [-0.3, -0.25) is 0 Å². The van der Waals surface area contributed by atoms with Gasteiger partial charge in [0.1, 0.15) is 0 Å². The van der Waals surface area contributed by atoms with Crippen molar-refractivity contribution in [2.24, 2.45) is 0 Å². The van der Waals surface area contributed by atoms with Gasteiger partial charge in [-0.15, -0.1) is 0 Å². The van der Waals surface area contributed by atoms with Crippen molar-refractivity contribution in [3.63, 3.8) is 0 Å². The summed E-state index contributed by atoms with van der Waals surface area (Å²) in [6.45, 7) is 5.72. The molecule has 0 aromatic carbocycles. The number of hydrogen-bond acceptors (Lipinski definition) is 0. The van der Waals surface area contributed by atoms with Gasteiger partial charge in [0.25, 0.3) is 0 Å². The van der Waals surface area contributed by atoms with Crippen molar-refractivity contribution in [1.82, 2.24) is 0 Å². The number of rotatable bonds is 1. The second-order valence-electron chi connectivity index (χ2n) is 0.854. The molecule has 1 radical (unpaired) electrons. The van der Waals surface area contributed by atoms with Crippen LogP contribution < -0.4 is 0 Å². The van der Waals surface area contributed by atoms with Crippen molar-refractivity contribution in [2.75, 3.05) is 0 Å². The smallest absolute Gasteiger partial charge is 0.343 e. The molecule has 0 aliphatic carbocycles. The van der Waals surface area contributed by atoms with E-state index in [0.29, 0.717) is 0 Å². The Kier molecular flexibility index (Phi) is 43.2. The summed E-state index contributed by atoms with van der Waals surface area (Å²) < 4.78 is 0. The molecule has 0 unspecified atom stereocenters. The van der Waals surface area contributed by atoms with E-state index in [1.165, 1.54) is 6.42 Å². The molecular formula is C4H9CuLi. The van der Waals surface area contributed by atoms with E-state index in [1.807, 2.05) is 0 Å². The molecule has 0 nitrogen and oxygen atoms in total. The average Bonchev–Trinajstić information content (AvgIpc) is 1.37. The second-order valence-corrected chi connectivity index (χ2v) is 0.854. The summed E-state index contributed by atoms with van der Waals surface area (Å²) in [7, 11) is 0. The molecule has 0 aromatic rings. The van der Waals surface area contributed by atoms with Crippen molar-refractivity contribution in [1.29, 1.82) is 0 Å². The van der Waals surface area contributed by atoms with E-state index in [9.17, 15) is 0 Å². The van der Waals surface area contributed by atoms with Gasteiger partial charge < -0.3 is 6.92 Å². The maximum absolute atomic E-state index is 3.60. The van der Waals surface area contributed by atoms with Gasteiger partial charge in [0.05, 0.1) is 0 Å². The first-order valence-corrected chi connectivity index (χ1v) is 1.71. The van der Waals surface area contributed by atoms with Crippen molar-refractivity contribution in [2.45, 2.75) is 19.8 Å². The third-order valence-corrected chi connectivity index (χ3v) is 0.354. The minimum absolute atomic E-state index is 0. The third-order valence-electron chi connectivity index (χ3n) is 0.354. The number of hydrogen-bond donors (Lipinski definition) is 0.